The molecule has 2 saturated carbocycles. The number of hydrogen-bond donors (Lipinski definition) is 2. The average molecular weight is 211 g/mol. The van der Waals surface area contributed by atoms with Crippen LogP contribution in [0.3, 0.4) is 0 Å². The largest absolute Gasteiger partial charge is 0.393 e. The Hall–Kier alpha value is -0.570. The van der Waals surface area contributed by atoms with Crippen molar-refractivity contribution in [1.82, 2.24) is 5.32 Å². The van der Waals surface area contributed by atoms with Crippen LogP contribution in [0.15, 0.2) is 0 Å². The van der Waals surface area contributed by atoms with Gasteiger partial charge in [-0.25, -0.2) is 0 Å². The van der Waals surface area contributed by atoms with Gasteiger partial charge in [-0.3, -0.25) is 4.79 Å². The predicted molar refractivity (Wildman–Crippen MR) is 58.3 cm³/mol. The van der Waals surface area contributed by atoms with E-state index >= 15 is 0 Å². The highest BCUT2D eigenvalue weighted by atomic mass is 16.3. The normalized spacial score (nSPS) is 31.3. The minimum absolute atomic E-state index is 0.128. The summed E-state index contributed by atoms with van der Waals surface area (Å²) < 4.78 is 0. The molecule has 2 fully saturated rings. The van der Waals surface area contributed by atoms with Crippen molar-refractivity contribution in [2.45, 2.75) is 51.0 Å². The number of amides is 1. The lowest BCUT2D eigenvalue weighted by Crippen LogP contribution is -2.31. The van der Waals surface area contributed by atoms with Crippen molar-refractivity contribution < 1.29 is 9.90 Å². The summed E-state index contributed by atoms with van der Waals surface area (Å²) in [5.41, 5.74) is 0. The van der Waals surface area contributed by atoms with E-state index in [-0.39, 0.29) is 12.0 Å². The molecule has 0 aromatic rings. The molecule has 2 aliphatic rings. The van der Waals surface area contributed by atoms with Crippen molar-refractivity contribution in [2.75, 3.05) is 6.54 Å². The Morgan fingerprint density at radius 3 is 2.60 bits per heavy atom. The summed E-state index contributed by atoms with van der Waals surface area (Å²) in [4.78, 5) is 11.4. The second-order valence-corrected chi connectivity index (χ2v) is 4.97. The van der Waals surface area contributed by atoms with Gasteiger partial charge in [-0.1, -0.05) is 12.8 Å². The van der Waals surface area contributed by atoms with Crippen LogP contribution < -0.4 is 5.32 Å². The van der Waals surface area contributed by atoms with Gasteiger partial charge >= 0.3 is 0 Å². The Labute approximate surface area is 91.2 Å². The van der Waals surface area contributed by atoms with Crippen LogP contribution >= 0.6 is 0 Å². The number of nitrogens with one attached hydrogen (secondary N) is 1. The molecule has 2 unspecified atom stereocenters. The summed E-state index contributed by atoms with van der Waals surface area (Å²) in [6.45, 7) is 0.747. The van der Waals surface area contributed by atoms with E-state index in [1.807, 2.05) is 0 Å². The van der Waals surface area contributed by atoms with E-state index in [1.165, 1.54) is 6.42 Å². The molecule has 1 amide bonds. The molecule has 0 spiro atoms. The third-order valence-corrected chi connectivity index (χ3v) is 3.63. The summed E-state index contributed by atoms with van der Waals surface area (Å²) in [7, 11) is 0. The molecule has 0 heterocycles. The first-order valence-corrected chi connectivity index (χ1v) is 6.23. The zero-order chi connectivity index (χ0) is 10.7. The molecule has 3 heteroatoms. The van der Waals surface area contributed by atoms with E-state index in [0.29, 0.717) is 11.8 Å². The Kier molecular flexibility index (Phi) is 3.62. The van der Waals surface area contributed by atoms with Crippen LogP contribution in [0.2, 0.25) is 0 Å². The number of carbonyl (C=O) groups excluding carboxylic acids is 1. The minimum Gasteiger partial charge on any atom is -0.393 e. The van der Waals surface area contributed by atoms with E-state index in [0.717, 1.165) is 45.1 Å². The molecule has 0 aliphatic heterocycles. The van der Waals surface area contributed by atoms with E-state index in [2.05, 4.69) is 5.32 Å². The van der Waals surface area contributed by atoms with E-state index in [1.54, 1.807) is 0 Å². The molecule has 0 aromatic heterocycles. The van der Waals surface area contributed by atoms with Crippen LogP contribution in [0.1, 0.15) is 44.9 Å². The van der Waals surface area contributed by atoms with E-state index in [9.17, 15) is 9.90 Å². The molecular formula is C12H21NO2. The van der Waals surface area contributed by atoms with Crippen molar-refractivity contribution in [3.8, 4) is 0 Å². The monoisotopic (exact) mass is 211 g/mol. The highest BCUT2D eigenvalue weighted by molar-refractivity contribution is 5.80. The molecule has 15 heavy (non-hydrogen) atoms. The van der Waals surface area contributed by atoms with Crippen molar-refractivity contribution in [2.24, 2.45) is 11.8 Å². The number of aliphatic hydroxyl groups is 1. The molecule has 2 rings (SSSR count). The van der Waals surface area contributed by atoms with Crippen LogP contribution in [-0.4, -0.2) is 23.7 Å². The summed E-state index contributed by atoms with van der Waals surface area (Å²) in [6, 6.07) is 0. The van der Waals surface area contributed by atoms with Crippen molar-refractivity contribution in [1.29, 1.82) is 0 Å². The summed E-state index contributed by atoms with van der Waals surface area (Å²) in [6.07, 6.45) is 7.41. The Bertz CT molecular complexity index is 226. The van der Waals surface area contributed by atoms with Gasteiger partial charge in [0.2, 0.25) is 5.91 Å². The number of aliphatic hydroxyl groups excluding tert-OH is 1. The fourth-order valence-electron chi connectivity index (χ4n) is 2.40. The van der Waals surface area contributed by atoms with Gasteiger partial charge in [0.1, 0.15) is 0 Å². The predicted octanol–water partition coefficient (Wildman–Crippen LogP) is 1.45. The molecule has 86 valence electrons. The van der Waals surface area contributed by atoms with E-state index < -0.39 is 0 Å². The quantitative estimate of drug-likeness (QED) is 0.739. The maximum Gasteiger partial charge on any atom is 0.223 e. The van der Waals surface area contributed by atoms with Crippen molar-refractivity contribution in [3.63, 3.8) is 0 Å². The lowest BCUT2D eigenvalue weighted by molar-refractivity contribution is -0.122. The maximum atomic E-state index is 11.4. The third kappa shape index (κ3) is 3.20. The van der Waals surface area contributed by atoms with E-state index in [4.69, 9.17) is 0 Å². The van der Waals surface area contributed by atoms with Crippen LogP contribution in [0, 0.1) is 11.8 Å². The Morgan fingerprint density at radius 1 is 1.20 bits per heavy atom. The first-order chi connectivity index (χ1) is 7.27. The second kappa shape index (κ2) is 4.97. The highest BCUT2D eigenvalue weighted by Gasteiger charge is 2.29. The Morgan fingerprint density at radius 2 is 1.93 bits per heavy atom. The fraction of sp³-hybridized carbons (Fsp3) is 0.917. The van der Waals surface area contributed by atoms with Crippen LogP contribution in [-0.2, 0) is 4.79 Å². The summed E-state index contributed by atoms with van der Waals surface area (Å²) in [5.74, 6) is 0.944. The van der Waals surface area contributed by atoms with Gasteiger partial charge < -0.3 is 10.4 Å². The molecule has 2 N–H and O–H groups in total. The lowest BCUT2D eigenvalue weighted by Gasteiger charge is -2.27. The molecule has 2 atom stereocenters. The highest BCUT2D eigenvalue weighted by Crippen LogP contribution is 2.29. The van der Waals surface area contributed by atoms with Crippen molar-refractivity contribution >= 4 is 5.91 Å². The van der Waals surface area contributed by atoms with Gasteiger partial charge in [-0.05, 0) is 38.0 Å². The van der Waals surface area contributed by atoms with Gasteiger partial charge in [0.05, 0.1) is 6.10 Å². The second-order valence-electron chi connectivity index (χ2n) is 4.97. The standard InChI is InChI=1S/C12H21NO2/c14-11-4-2-1-3-9(11)7-8-13-12(15)10-5-6-10/h9-11,14H,1-8H2,(H,13,15). The zero-order valence-electron chi connectivity index (χ0n) is 9.24. The Balaban J connectivity index is 1.61. The topological polar surface area (TPSA) is 49.3 Å². The lowest BCUT2D eigenvalue weighted by atomic mass is 9.84. The number of carbonyl (C=O) groups is 1. The first-order valence-electron chi connectivity index (χ1n) is 6.23. The summed E-state index contributed by atoms with van der Waals surface area (Å²) >= 11 is 0. The fourth-order valence-corrected chi connectivity index (χ4v) is 2.40. The molecule has 0 saturated heterocycles. The summed E-state index contributed by atoms with van der Waals surface area (Å²) in [5, 5.41) is 12.7. The van der Waals surface area contributed by atoms with Gasteiger partial charge in [0, 0.05) is 12.5 Å². The first kappa shape index (κ1) is 10.9. The average Bonchev–Trinajstić information content (AvgIpc) is 3.04. The van der Waals surface area contributed by atoms with Crippen LogP contribution in [0.5, 0.6) is 0 Å². The third-order valence-electron chi connectivity index (χ3n) is 3.63. The molecule has 3 nitrogen and oxygen atoms in total. The maximum absolute atomic E-state index is 11.4. The molecule has 0 bridgehead atoms. The van der Waals surface area contributed by atoms with Gasteiger partial charge in [0.15, 0.2) is 0 Å². The van der Waals surface area contributed by atoms with Crippen LogP contribution in [0.25, 0.3) is 0 Å². The van der Waals surface area contributed by atoms with Gasteiger partial charge in [0.25, 0.3) is 0 Å². The van der Waals surface area contributed by atoms with Crippen LogP contribution in [0.4, 0.5) is 0 Å². The molecule has 2 aliphatic carbocycles. The number of rotatable bonds is 4. The smallest absolute Gasteiger partial charge is 0.223 e. The molecular weight excluding hydrogens is 190 g/mol. The van der Waals surface area contributed by atoms with Gasteiger partial charge in [-0.15, -0.1) is 0 Å². The number of hydrogen-bond acceptors (Lipinski definition) is 2. The molecule has 0 aromatic carbocycles. The minimum atomic E-state index is -0.128. The van der Waals surface area contributed by atoms with Gasteiger partial charge in [-0.2, -0.15) is 0 Å². The molecule has 0 radical (unpaired) electrons. The zero-order valence-corrected chi connectivity index (χ0v) is 9.24. The SMILES string of the molecule is O=C(NCCC1CCCCC1O)C1CC1. The van der Waals surface area contributed by atoms with Crippen molar-refractivity contribution in [3.05, 3.63) is 0 Å².